The Morgan fingerprint density at radius 3 is 2.68 bits per heavy atom. The Hall–Kier alpha value is -1.75. The highest BCUT2D eigenvalue weighted by atomic mass is 35.5. The molecule has 2 aromatic heterocycles. The van der Waals surface area contributed by atoms with Gasteiger partial charge in [-0.25, -0.2) is 19.9 Å². The third-order valence-electron chi connectivity index (χ3n) is 2.72. The third kappa shape index (κ3) is 3.38. The molecular formula is C13H16ClN5. The zero-order chi connectivity index (χ0) is 13.8. The van der Waals surface area contributed by atoms with Crippen LogP contribution in [0.5, 0.6) is 0 Å². The predicted octanol–water partition coefficient (Wildman–Crippen LogP) is 2.71. The van der Waals surface area contributed by atoms with Crippen molar-refractivity contribution in [2.24, 2.45) is 0 Å². The van der Waals surface area contributed by atoms with Gasteiger partial charge in [0.25, 0.3) is 0 Å². The molecule has 100 valence electrons. The largest absolute Gasteiger partial charge is 0.364 e. The highest BCUT2D eigenvalue weighted by Crippen LogP contribution is 2.20. The molecule has 0 aliphatic heterocycles. The predicted molar refractivity (Wildman–Crippen MR) is 75.3 cm³/mol. The van der Waals surface area contributed by atoms with Gasteiger partial charge >= 0.3 is 0 Å². The molecular weight excluding hydrogens is 262 g/mol. The van der Waals surface area contributed by atoms with E-state index >= 15 is 0 Å². The normalized spacial score (nSPS) is 10.5. The summed E-state index contributed by atoms with van der Waals surface area (Å²) in [7, 11) is 0. The lowest BCUT2D eigenvalue weighted by Crippen LogP contribution is -2.08. The maximum atomic E-state index is 6.09. The van der Waals surface area contributed by atoms with Crippen LogP contribution in [0.3, 0.4) is 0 Å². The molecule has 2 heterocycles. The summed E-state index contributed by atoms with van der Waals surface area (Å²) in [5.41, 5.74) is 1.77. The van der Waals surface area contributed by atoms with Gasteiger partial charge < -0.3 is 5.32 Å². The topological polar surface area (TPSA) is 63.6 Å². The van der Waals surface area contributed by atoms with Crippen molar-refractivity contribution in [3.63, 3.8) is 0 Å². The molecule has 0 radical (unpaired) electrons. The van der Waals surface area contributed by atoms with Crippen LogP contribution < -0.4 is 5.32 Å². The lowest BCUT2D eigenvalue weighted by molar-refractivity contribution is 0.908. The van der Waals surface area contributed by atoms with E-state index in [0.29, 0.717) is 11.7 Å². The monoisotopic (exact) mass is 277 g/mol. The van der Waals surface area contributed by atoms with Crippen molar-refractivity contribution >= 4 is 17.4 Å². The van der Waals surface area contributed by atoms with Gasteiger partial charge in [0.05, 0.1) is 12.2 Å². The summed E-state index contributed by atoms with van der Waals surface area (Å²) in [6.45, 7) is 6.35. The molecule has 0 saturated carbocycles. The van der Waals surface area contributed by atoms with Crippen LogP contribution in [0.4, 0.5) is 5.82 Å². The number of rotatable bonds is 4. The van der Waals surface area contributed by atoms with Crippen molar-refractivity contribution in [2.75, 3.05) is 5.32 Å². The van der Waals surface area contributed by atoms with Gasteiger partial charge in [0, 0.05) is 18.2 Å². The van der Waals surface area contributed by atoms with Gasteiger partial charge in [-0.15, -0.1) is 0 Å². The van der Waals surface area contributed by atoms with E-state index in [1.807, 2.05) is 26.8 Å². The van der Waals surface area contributed by atoms with Crippen LogP contribution in [-0.2, 0) is 13.0 Å². The number of aromatic nitrogens is 4. The number of hydrogen-bond donors (Lipinski definition) is 1. The minimum absolute atomic E-state index is 0.494. The second-order valence-corrected chi connectivity index (χ2v) is 4.56. The SMILES string of the molecule is CCc1nc(Cl)c(C)c(NCc2ccnc(C)n2)n1. The quantitative estimate of drug-likeness (QED) is 0.871. The molecule has 0 aliphatic carbocycles. The van der Waals surface area contributed by atoms with E-state index in [1.165, 1.54) is 0 Å². The molecule has 5 nitrogen and oxygen atoms in total. The minimum atomic E-state index is 0.494. The molecule has 0 bridgehead atoms. The van der Waals surface area contributed by atoms with Gasteiger partial charge in [0.2, 0.25) is 0 Å². The smallest absolute Gasteiger partial charge is 0.137 e. The van der Waals surface area contributed by atoms with Crippen molar-refractivity contribution in [1.29, 1.82) is 0 Å². The standard InChI is InChI=1S/C13H16ClN5/c1-4-11-18-12(14)8(2)13(19-11)16-7-10-5-6-15-9(3)17-10/h5-6H,4,7H2,1-3H3,(H,16,18,19). The zero-order valence-electron chi connectivity index (χ0n) is 11.2. The van der Waals surface area contributed by atoms with Gasteiger partial charge in [0.15, 0.2) is 0 Å². The molecule has 0 saturated heterocycles. The molecule has 0 unspecified atom stereocenters. The second-order valence-electron chi connectivity index (χ2n) is 4.21. The van der Waals surface area contributed by atoms with E-state index in [9.17, 15) is 0 Å². The average Bonchev–Trinajstić information content (AvgIpc) is 2.40. The Labute approximate surface area is 117 Å². The van der Waals surface area contributed by atoms with Gasteiger partial charge in [-0.1, -0.05) is 18.5 Å². The fourth-order valence-electron chi connectivity index (χ4n) is 1.64. The summed E-state index contributed by atoms with van der Waals surface area (Å²) >= 11 is 6.09. The number of aryl methyl sites for hydroxylation is 2. The first-order valence-corrected chi connectivity index (χ1v) is 6.53. The fourth-order valence-corrected chi connectivity index (χ4v) is 1.83. The fraction of sp³-hybridized carbons (Fsp3) is 0.385. The van der Waals surface area contributed by atoms with Crippen LogP contribution in [0.1, 0.15) is 29.8 Å². The summed E-state index contributed by atoms with van der Waals surface area (Å²) in [5.74, 6) is 2.25. The third-order valence-corrected chi connectivity index (χ3v) is 3.09. The molecule has 19 heavy (non-hydrogen) atoms. The van der Waals surface area contributed by atoms with E-state index in [2.05, 4.69) is 25.3 Å². The number of nitrogens with zero attached hydrogens (tertiary/aromatic N) is 4. The van der Waals surface area contributed by atoms with Gasteiger partial charge in [-0.3, -0.25) is 0 Å². The van der Waals surface area contributed by atoms with Crippen LogP contribution in [0.25, 0.3) is 0 Å². The molecule has 0 amide bonds. The molecule has 0 aromatic carbocycles. The van der Waals surface area contributed by atoms with E-state index < -0.39 is 0 Å². The maximum Gasteiger partial charge on any atom is 0.137 e. The molecule has 1 N–H and O–H groups in total. The Morgan fingerprint density at radius 1 is 1.21 bits per heavy atom. The molecule has 2 aromatic rings. The number of halogens is 1. The van der Waals surface area contributed by atoms with E-state index in [1.54, 1.807) is 6.20 Å². The lowest BCUT2D eigenvalue weighted by atomic mass is 10.3. The Balaban J connectivity index is 2.17. The number of nitrogens with one attached hydrogen (secondary N) is 1. The maximum absolute atomic E-state index is 6.09. The first-order chi connectivity index (χ1) is 9.10. The molecule has 0 atom stereocenters. The van der Waals surface area contributed by atoms with Crippen LogP contribution >= 0.6 is 11.6 Å². The number of hydrogen-bond acceptors (Lipinski definition) is 5. The second kappa shape index (κ2) is 5.93. The summed E-state index contributed by atoms with van der Waals surface area (Å²) in [4.78, 5) is 17.0. The Bertz CT molecular complexity index is 585. The Kier molecular flexibility index (Phi) is 4.27. The van der Waals surface area contributed by atoms with Gasteiger partial charge in [-0.05, 0) is 19.9 Å². The lowest BCUT2D eigenvalue weighted by Gasteiger charge is -2.10. The van der Waals surface area contributed by atoms with Crippen molar-refractivity contribution in [1.82, 2.24) is 19.9 Å². The van der Waals surface area contributed by atoms with Gasteiger partial charge in [-0.2, -0.15) is 0 Å². The Morgan fingerprint density at radius 2 is 2.00 bits per heavy atom. The first-order valence-electron chi connectivity index (χ1n) is 6.15. The average molecular weight is 278 g/mol. The molecule has 0 fully saturated rings. The van der Waals surface area contributed by atoms with Crippen molar-refractivity contribution in [3.8, 4) is 0 Å². The van der Waals surface area contributed by atoms with Gasteiger partial charge in [0.1, 0.15) is 22.6 Å². The van der Waals surface area contributed by atoms with Crippen molar-refractivity contribution < 1.29 is 0 Å². The minimum Gasteiger partial charge on any atom is -0.364 e. The van der Waals surface area contributed by atoms with Crippen molar-refractivity contribution in [2.45, 2.75) is 33.7 Å². The summed E-state index contributed by atoms with van der Waals surface area (Å²) in [6, 6.07) is 1.87. The molecule has 2 rings (SSSR count). The van der Waals surface area contributed by atoms with E-state index in [-0.39, 0.29) is 0 Å². The summed E-state index contributed by atoms with van der Waals surface area (Å²) < 4.78 is 0. The van der Waals surface area contributed by atoms with Crippen LogP contribution in [0.2, 0.25) is 5.15 Å². The molecule has 0 spiro atoms. The number of anilines is 1. The van der Waals surface area contributed by atoms with Crippen LogP contribution in [-0.4, -0.2) is 19.9 Å². The summed E-state index contributed by atoms with van der Waals surface area (Å²) in [5, 5.41) is 3.74. The van der Waals surface area contributed by atoms with Crippen LogP contribution in [0.15, 0.2) is 12.3 Å². The van der Waals surface area contributed by atoms with E-state index in [0.717, 1.165) is 35.1 Å². The van der Waals surface area contributed by atoms with E-state index in [4.69, 9.17) is 11.6 Å². The zero-order valence-corrected chi connectivity index (χ0v) is 12.0. The highest BCUT2D eigenvalue weighted by molar-refractivity contribution is 6.30. The molecule has 6 heteroatoms. The summed E-state index contributed by atoms with van der Waals surface area (Å²) in [6.07, 6.45) is 2.50. The first kappa shape index (κ1) is 13.7. The highest BCUT2D eigenvalue weighted by Gasteiger charge is 2.08. The van der Waals surface area contributed by atoms with Crippen molar-refractivity contribution in [3.05, 3.63) is 40.3 Å². The van der Waals surface area contributed by atoms with Crippen LogP contribution in [0, 0.1) is 13.8 Å². The molecule has 0 aliphatic rings.